The Hall–Kier alpha value is -1.43. The number of rotatable bonds is 4. The summed E-state index contributed by atoms with van der Waals surface area (Å²) in [4.78, 5) is 14.2. The molecular weight excluding hydrogens is 260 g/mol. The van der Waals surface area contributed by atoms with E-state index in [0.717, 1.165) is 42.1 Å². The van der Waals surface area contributed by atoms with Crippen molar-refractivity contribution in [3.8, 4) is 0 Å². The molecular formula is C13H18N4OS. The minimum absolute atomic E-state index is 0.528. The van der Waals surface area contributed by atoms with Crippen molar-refractivity contribution < 1.29 is 4.21 Å². The van der Waals surface area contributed by atoms with Crippen molar-refractivity contribution in [3.63, 3.8) is 0 Å². The number of anilines is 1. The van der Waals surface area contributed by atoms with Crippen LogP contribution in [0.1, 0.15) is 12.5 Å². The maximum atomic E-state index is 11.2. The van der Waals surface area contributed by atoms with E-state index in [-0.39, 0.29) is 0 Å². The van der Waals surface area contributed by atoms with Gasteiger partial charge in [0.15, 0.2) is 0 Å². The molecule has 1 aliphatic rings. The van der Waals surface area contributed by atoms with Crippen LogP contribution in [0.3, 0.4) is 0 Å². The molecule has 2 aromatic rings. The van der Waals surface area contributed by atoms with Crippen molar-refractivity contribution in [2.24, 2.45) is 5.92 Å². The zero-order valence-corrected chi connectivity index (χ0v) is 12.0. The summed E-state index contributed by atoms with van der Waals surface area (Å²) in [5, 5.41) is 1.14. The average molecular weight is 278 g/mol. The third-order valence-corrected chi connectivity index (χ3v) is 4.58. The van der Waals surface area contributed by atoms with Gasteiger partial charge in [0.1, 0.15) is 17.8 Å². The number of fused-ring (bicyclic) bond motifs is 1. The van der Waals surface area contributed by atoms with E-state index in [1.165, 1.54) is 5.56 Å². The highest BCUT2D eigenvalue weighted by Gasteiger charge is 2.30. The third-order valence-electron chi connectivity index (χ3n) is 3.64. The average Bonchev–Trinajstić information content (AvgIpc) is 2.76. The van der Waals surface area contributed by atoms with Gasteiger partial charge >= 0.3 is 0 Å². The molecule has 0 spiro atoms. The van der Waals surface area contributed by atoms with Crippen molar-refractivity contribution in [2.75, 3.05) is 30.0 Å². The molecule has 0 bridgehead atoms. The third kappa shape index (κ3) is 2.25. The monoisotopic (exact) mass is 278 g/mol. The Morgan fingerprint density at radius 2 is 2.26 bits per heavy atom. The van der Waals surface area contributed by atoms with Gasteiger partial charge in [0.05, 0.1) is 5.39 Å². The molecule has 1 saturated heterocycles. The molecule has 1 aliphatic heterocycles. The molecule has 2 aromatic heterocycles. The Kier molecular flexibility index (Phi) is 3.26. The van der Waals surface area contributed by atoms with Crippen molar-refractivity contribution in [1.29, 1.82) is 0 Å². The molecule has 3 rings (SSSR count). The summed E-state index contributed by atoms with van der Waals surface area (Å²) in [6, 6.07) is 0. The molecule has 0 aromatic carbocycles. The molecule has 0 amide bonds. The first-order chi connectivity index (χ1) is 9.19. The lowest BCUT2D eigenvalue weighted by molar-refractivity contribution is 0.448. The maximum absolute atomic E-state index is 11.2. The van der Waals surface area contributed by atoms with E-state index in [1.807, 2.05) is 6.20 Å². The van der Waals surface area contributed by atoms with E-state index in [2.05, 4.69) is 26.8 Å². The summed E-state index contributed by atoms with van der Waals surface area (Å²) >= 11 is 0. The van der Waals surface area contributed by atoms with Gasteiger partial charge < -0.3 is 9.88 Å². The second kappa shape index (κ2) is 4.92. The van der Waals surface area contributed by atoms with Gasteiger partial charge in [-0.25, -0.2) is 9.97 Å². The van der Waals surface area contributed by atoms with Crippen LogP contribution in [0, 0.1) is 5.92 Å². The molecule has 3 heterocycles. The first kappa shape index (κ1) is 12.6. The Labute approximate surface area is 114 Å². The molecule has 5 nitrogen and oxygen atoms in total. The van der Waals surface area contributed by atoms with Crippen molar-refractivity contribution in [1.82, 2.24) is 15.0 Å². The highest BCUT2D eigenvalue weighted by molar-refractivity contribution is 7.84. The molecule has 19 heavy (non-hydrogen) atoms. The molecule has 1 N–H and O–H groups in total. The predicted octanol–water partition coefficient (Wildman–Crippen LogP) is 1.33. The lowest BCUT2D eigenvalue weighted by atomic mass is 10.0. The highest BCUT2D eigenvalue weighted by atomic mass is 32.2. The normalized spacial score (nSPS) is 17.7. The zero-order valence-electron chi connectivity index (χ0n) is 11.2. The quantitative estimate of drug-likeness (QED) is 0.916. The number of hydrogen-bond donors (Lipinski definition) is 1. The van der Waals surface area contributed by atoms with Crippen LogP contribution in [0.2, 0.25) is 0 Å². The molecule has 1 unspecified atom stereocenters. The number of H-pyrrole nitrogens is 1. The predicted molar refractivity (Wildman–Crippen MR) is 77.9 cm³/mol. The van der Waals surface area contributed by atoms with Crippen LogP contribution in [-0.4, -0.2) is 44.3 Å². The van der Waals surface area contributed by atoms with E-state index < -0.39 is 10.8 Å². The van der Waals surface area contributed by atoms with E-state index >= 15 is 0 Å². The van der Waals surface area contributed by atoms with Crippen LogP contribution in [0.25, 0.3) is 11.0 Å². The van der Waals surface area contributed by atoms with Crippen molar-refractivity contribution >= 4 is 27.7 Å². The number of nitrogens with zero attached hydrogens (tertiary/aromatic N) is 3. The van der Waals surface area contributed by atoms with Gasteiger partial charge in [0, 0.05) is 48.0 Å². The zero-order chi connectivity index (χ0) is 13.4. The van der Waals surface area contributed by atoms with Gasteiger partial charge in [-0.2, -0.15) is 0 Å². The Morgan fingerprint density at radius 3 is 2.95 bits per heavy atom. The second-order valence-corrected chi connectivity index (χ2v) is 6.58. The Morgan fingerprint density at radius 1 is 1.47 bits per heavy atom. The summed E-state index contributed by atoms with van der Waals surface area (Å²) in [5.41, 5.74) is 2.16. The Balaban J connectivity index is 1.86. The number of nitrogens with one attached hydrogen (secondary N) is 1. The fourth-order valence-corrected chi connectivity index (χ4v) is 3.58. The SMILES string of the molecule is CCc1c[nH]c2ncnc(N3CC(CS(C)=O)C3)c12. The summed E-state index contributed by atoms with van der Waals surface area (Å²) in [7, 11) is -0.707. The summed E-state index contributed by atoms with van der Waals surface area (Å²) in [5.74, 6) is 2.33. The van der Waals surface area contributed by atoms with E-state index in [9.17, 15) is 4.21 Å². The summed E-state index contributed by atoms with van der Waals surface area (Å²) in [6.07, 6.45) is 6.36. The maximum Gasteiger partial charge on any atom is 0.143 e. The molecule has 0 saturated carbocycles. The van der Waals surface area contributed by atoms with Gasteiger partial charge in [-0.05, 0) is 12.0 Å². The standard InChI is InChI=1S/C13H18N4OS/c1-3-10-4-14-12-11(10)13(16-8-15-12)17-5-9(6-17)7-19(2)18/h4,8-9H,3,5-7H2,1-2H3,(H,14,15,16). The highest BCUT2D eigenvalue weighted by Crippen LogP contribution is 2.31. The van der Waals surface area contributed by atoms with Gasteiger partial charge in [-0.1, -0.05) is 6.92 Å². The van der Waals surface area contributed by atoms with Crippen LogP contribution < -0.4 is 4.90 Å². The van der Waals surface area contributed by atoms with Gasteiger partial charge in [-0.3, -0.25) is 4.21 Å². The number of aromatic amines is 1. The molecule has 0 aliphatic carbocycles. The van der Waals surface area contributed by atoms with Crippen molar-refractivity contribution in [3.05, 3.63) is 18.1 Å². The van der Waals surface area contributed by atoms with Crippen LogP contribution in [-0.2, 0) is 17.2 Å². The van der Waals surface area contributed by atoms with Crippen LogP contribution in [0.5, 0.6) is 0 Å². The number of aryl methyl sites for hydroxylation is 1. The van der Waals surface area contributed by atoms with E-state index in [4.69, 9.17) is 0 Å². The minimum atomic E-state index is -0.707. The molecule has 6 heteroatoms. The largest absolute Gasteiger partial charge is 0.355 e. The van der Waals surface area contributed by atoms with Crippen LogP contribution >= 0.6 is 0 Å². The van der Waals surface area contributed by atoms with Crippen molar-refractivity contribution in [2.45, 2.75) is 13.3 Å². The van der Waals surface area contributed by atoms with Gasteiger partial charge in [0.25, 0.3) is 0 Å². The first-order valence-corrected chi connectivity index (χ1v) is 8.27. The topological polar surface area (TPSA) is 61.9 Å². The van der Waals surface area contributed by atoms with E-state index in [1.54, 1.807) is 12.6 Å². The molecule has 1 fully saturated rings. The fourth-order valence-electron chi connectivity index (χ4n) is 2.71. The molecule has 0 radical (unpaired) electrons. The van der Waals surface area contributed by atoms with Gasteiger partial charge in [-0.15, -0.1) is 0 Å². The first-order valence-electron chi connectivity index (χ1n) is 6.55. The number of aromatic nitrogens is 3. The second-order valence-electron chi connectivity index (χ2n) is 5.10. The fraction of sp³-hybridized carbons (Fsp3) is 0.538. The Bertz CT molecular complexity index is 618. The lowest BCUT2D eigenvalue weighted by Gasteiger charge is -2.40. The summed E-state index contributed by atoms with van der Waals surface area (Å²) in [6.45, 7) is 4.03. The smallest absolute Gasteiger partial charge is 0.143 e. The minimum Gasteiger partial charge on any atom is -0.355 e. The molecule has 102 valence electrons. The van der Waals surface area contributed by atoms with Gasteiger partial charge in [0.2, 0.25) is 0 Å². The molecule has 1 atom stereocenters. The summed E-state index contributed by atoms with van der Waals surface area (Å²) < 4.78 is 11.2. The number of hydrogen-bond acceptors (Lipinski definition) is 4. The lowest BCUT2D eigenvalue weighted by Crippen LogP contribution is -2.49. The van der Waals surface area contributed by atoms with Crippen LogP contribution in [0.15, 0.2) is 12.5 Å². The van der Waals surface area contributed by atoms with Crippen LogP contribution in [0.4, 0.5) is 5.82 Å². The van der Waals surface area contributed by atoms with E-state index in [0.29, 0.717) is 5.92 Å².